The molecule has 0 radical (unpaired) electrons. The third-order valence-corrected chi connectivity index (χ3v) is 3.16. The average molecular weight is 215 g/mol. The summed E-state index contributed by atoms with van der Waals surface area (Å²) in [7, 11) is 0. The lowest BCUT2D eigenvalue weighted by molar-refractivity contribution is 0.347. The van der Waals surface area contributed by atoms with Crippen molar-refractivity contribution >= 4 is 0 Å². The van der Waals surface area contributed by atoms with E-state index in [2.05, 4.69) is 10.1 Å². The van der Waals surface area contributed by atoms with Gasteiger partial charge in [0.05, 0.1) is 5.41 Å². The van der Waals surface area contributed by atoms with Crippen molar-refractivity contribution in [1.82, 2.24) is 10.1 Å². The van der Waals surface area contributed by atoms with Gasteiger partial charge in [-0.15, -0.1) is 0 Å². The van der Waals surface area contributed by atoms with Crippen LogP contribution in [0.25, 0.3) is 11.4 Å². The fourth-order valence-electron chi connectivity index (χ4n) is 1.80. The van der Waals surface area contributed by atoms with Crippen molar-refractivity contribution < 1.29 is 4.52 Å². The maximum atomic E-state index is 5.72. The molecule has 1 aliphatic carbocycles. The Labute approximate surface area is 93.5 Å². The van der Waals surface area contributed by atoms with Crippen LogP contribution in [-0.4, -0.2) is 16.7 Å². The second-order valence-electron chi connectivity index (χ2n) is 4.27. The topological polar surface area (TPSA) is 64.9 Å². The van der Waals surface area contributed by atoms with Gasteiger partial charge in [-0.3, -0.25) is 0 Å². The molecule has 2 aromatic rings. The average Bonchev–Trinajstić information content (AvgIpc) is 3.00. The van der Waals surface area contributed by atoms with Gasteiger partial charge in [-0.25, -0.2) is 0 Å². The quantitative estimate of drug-likeness (QED) is 0.846. The summed E-state index contributed by atoms with van der Waals surface area (Å²) in [6.07, 6.45) is 2.11. The first-order valence-corrected chi connectivity index (χ1v) is 5.44. The van der Waals surface area contributed by atoms with Crippen LogP contribution in [0.3, 0.4) is 0 Å². The molecule has 1 fully saturated rings. The third kappa shape index (κ3) is 1.42. The summed E-state index contributed by atoms with van der Waals surface area (Å²) in [6, 6.07) is 9.82. The van der Waals surface area contributed by atoms with Gasteiger partial charge in [-0.2, -0.15) is 4.98 Å². The van der Waals surface area contributed by atoms with E-state index >= 15 is 0 Å². The molecule has 0 unspecified atom stereocenters. The maximum absolute atomic E-state index is 5.72. The van der Waals surface area contributed by atoms with E-state index in [0.717, 1.165) is 18.4 Å². The summed E-state index contributed by atoms with van der Waals surface area (Å²) in [5, 5.41) is 4.00. The van der Waals surface area contributed by atoms with Crippen molar-refractivity contribution in [3.63, 3.8) is 0 Å². The van der Waals surface area contributed by atoms with Crippen molar-refractivity contribution in [2.75, 3.05) is 6.54 Å². The normalized spacial score (nSPS) is 17.3. The second kappa shape index (κ2) is 3.42. The van der Waals surface area contributed by atoms with Crippen LogP contribution in [0.1, 0.15) is 18.7 Å². The highest BCUT2D eigenvalue weighted by Gasteiger charge is 2.48. The molecule has 2 N–H and O–H groups in total. The highest BCUT2D eigenvalue weighted by molar-refractivity contribution is 5.53. The van der Waals surface area contributed by atoms with E-state index in [1.807, 2.05) is 30.3 Å². The van der Waals surface area contributed by atoms with E-state index in [9.17, 15) is 0 Å². The molecular weight excluding hydrogens is 202 g/mol. The first-order valence-electron chi connectivity index (χ1n) is 5.44. The molecule has 0 atom stereocenters. The first kappa shape index (κ1) is 9.54. The van der Waals surface area contributed by atoms with Gasteiger partial charge in [-0.05, 0) is 12.8 Å². The minimum absolute atomic E-state index is 0.0277. The summed E-state index contributed by atoms with van der Waals surface area (Å²) in [5.41, 5.74) is 6.67. The van der Waals surface area contributed by atoms with Crippen molar-refractivity contribution in [2.24, 2.45) is 5.73 Å². The number of hydrogen-bond donors (Lipinski definition) is 1. The van der Waals surface area contributed by atoms with Gasteiger partial charge in [0.2, 0.25) is 11.7 Å². The SMILES string of the molecule is NCC1(c2nc(-c3ccccc3)no2)CC1. The molecule has 0 spiro atoms. The van der Waals surface area contributed by atoms with Crippen LogP contribution in [0.4, 0.5) is 0 Å². The fraction of sp³-hybridized carbons (Fsp3) is 0.333. The molecule has 0 bridgehead atoms. The van der Waals surface area contributed by atoms with E-state index in [0.29, 0.717) is 18.3 Å². The smallest absolute Gasteiger partial charge is 0.234 e. The number of rotatable bonds is 3. The Morgan fingerprint density at radius 3 is 2.62 bits per heavy atom. The van der Waals surface area contributed by atoms with Gasteiger partial charge in [-0.1, -0.05) is 35.5 Å². The van der Waals surface area contributed by atoms with Crippen LogP contribution >= 0.6 is 0 Å². The molecule has 0 saturated heterocycles. The summed E-state index contributed by atoms with van der Waals surface area (Å²) in [6.45, 7) is 0.587. The van der Waals surface area contributed by atoms with Gasteiger partial charge >= 0.3 is 0 Å². The lowest BCUT2D eigenvalue weighted by Crippen LogP contribution is -2.19. The van der Waals surface area contributed by atoms with E-state index in [1.54, 1.807) is 0 Å². The molecule has 1 aliphatic rings. The molecule has 3 rings (SSSR count). The Balaban J connectivity index is 1.94. The predicted octanol–water partition coefficient (Wildman–Crippen LogP) is 1.73. The van der Waals surface area contributed by atoms with Gasteiger partial charge in [0.1, 0.15) is 0 Å². The van der Waals surface area contributed by atoms with Gasteiger partial charge in [0.25, 0.3) is 0 Å². The highest BCUT2D eigenvalue weighted by Crippen LogP contribution is 2.46. The van der Waals surface area contributed by atoms with Crippen molar-refractivity contribution in [3.8, 4) is 11.4 Å². The minimum Gasteiger partial charge on any atom is -0.338 e. The van der Waals surface area contributed by atoms with Gasteiger partial charge in [0.15, 0.2) is 0 Å². The molecule has 1 aromatic heterocycles. The molecule has 16 heavy (non-hydrogen) atoms. The summed E-state index contributed by atoms with van der Waals surface area (Å²) < 4.78 is 5.30. The number of hydrogen-bond acceptors (Lipinski definition) is 4. The van der Waals surface area contributed by atoms with Crippen molar-refractivity contribution in [1.29, 1.82) is 0 Å². The molecule has 4 nitrogen and oxygen atoms in total. The highest BCUT2D eigenvalue weighted by atomic mass is 16.5. The van der Waals surface area contributed by atoms with Crippen LogP contribution < -0.4 is 5.73 Å². The van der Waals surface area contributed by atoms with Crippen LogP contribution in [0.2, 0.25) is 0 Å². The lowest BCUT2D eigenvalue weighted by Gasteiger charge is -2.03. The Kier molecular flexibility index (Phi) is 2.04. The number of benzene rings is 1. The summed E-state index contributed by atoms with van der Waals surface area (Å²) in [5.74, 6) is 1.34. The van der Waals surface area contributed by atoms with Crippen molar-refractivity contribution in [2.45, 2.75) is 18.3 Å². The fourth-order valence-corrected chi connectivity index (χ4v) is 1.80. The minimum atomic E-state index is -0.0277. The van der Waals surface area contributed by atoms with Crippen LogP contribution in [0.5, 0.6) is 0 Å². The molecule has 0 amide bonds. The number of nitrogens with zero attached hydrogens (tertiary/aromatic N) is 2. The molecule has 4 heteroatoms. The number of aromatic nitrogens is 2. The molecule has 82 valence electrons. The first-order chi connectivity index (χ1) is 7.84. The molecule has 1 saturated carbocycles. The standard InChI is InChI=1S/C12H13N3O/c13-8-12(6-7-12)11-14-10(15-16-11)9-4-2-1-3-5-9/h1-5H,6-8,13H2. The number of nitrogens with two attached hydrogens (primary N) is 1. The van der Waals surface area contributed by atoms with Gasteiger partial charge < -0.3 is 10.3 Å². The van der Waals surface area contributed by atoms with E-state index in [4.69, 9.17) is 10.3 Å². The molecule has 1 heterocycles. The van der Waals surface area contributed by atoms with Crippen molar-refractivity contribution in [3.05, 3.63) is 36.2 Å². The van der Waals surface area contributed by atoms with E-state index in [-0.39, 0.29) is 5.41 Å². The third-order valence-electron chi connectivity index (χ3n) is 3.16. The Hall–Kier alpha value is -1.68. The second-order valence-corrected chi connectivity index (χ2v) is 4.27. The Morgan fingerprint density at radius 1 is 1.25 bits per heavy atom. The van der Waals surface area contributed by atoms with E-state index in [1.165, 1.54) is 0 Å². The lowest BCUT2D eigenvalue weighted by atomic mass is 10.1. The van der Waals surface area contributed by atoms with Crippen LogP contribution in [0.15, 0.2) is 34.9 Å². The largest absolute Gasteiger partial charge is 0.338 e. The zero-order chi connectivity index (χ0) is 11.0. The molecule has 1 aromatic carbocycles. The predicted molar refractivity (Wildman–Crippen MR) is 59.7 cm³/mol. The Morgan fingerprint density at radius 2 is 2.00 bits per heavy atom. The summed E-state index contributed by atoms with van der Waals surface area (Å²) >= 11 is 0. The van der Waals surface area contributed by atoms with E-state index < -0.39 is 0 Å². The molecule has 0 aliphatic heterocycles. The zero-order valence-electron chi connectivity index (χ0n) is 8.89. The van der Waals surface area contributed by atoms with Crippen LogP contribution in [0, 0.1) is 0 Å². The Bertz CT molecular complexity index is 488. The zero-order valence-corrected chi connectivity index (χ0v) is 8.89. The van der Waals surface area contributed by atoms with Crippen LogP contribution in [-0.2, 0) is 5.41 Å². The summed E-state index contributed by atoms with van der Waals surface area (Å²) in [4.78, 5) is 4.43. The monoisotopic (exact) mass is 215 g/mol. The van der Waals surface area contributed by atoms with Gasteiger partial charge in [0, 0.05) is 12.1 Å². The molecular formula is C12H13N3O. The maximum Gasteiger partial charge on any atom is 0.234 e.